The Balaban J connectivity index is 1.37. The summed E-state index contributed by atoms with van der Waals surface area (Å²) in [6.07, 6.45) is 2.58. The molecule has 5 rings (SSSR count). The smallest absolute Gasteiger partial charge is 0.342 e. The third-order valence-electron chi connectivity index (χ3n) is 6.72. The first-order valence-corrected chi connectivity index (χ1v) is 14.3. The minimum Gasteiger partial charge on any atom is -0.462 e. The van der Waals surface area contributed by atoms with Crippen LogP contribution in [0, 0.1) is 5.92 Å². The maximum atomic E-state index is 12.8. The van der Waals surface area contributed by atoms with Gasteiger partial charge in [0.2, 0.25) is 6.79 Å². The molecule has 1 aliphatic heterocycles. The number of tetrazole rings is 1. The minimum atomic E-state index is -4.60. The van der Waals surface area contributed by atoms with E-state index in [1.165, 1.54) is 6.26 Å². The fourth-order valence-corrected chi connectivity index (χ4v) is 5.62. The fourth-order valence-electron chi connectivity index (χ4n) is 4.72. The third kappa shape index (κ3) is 7.19. The minimum absolute atomic E-state index is 0.0833. The molecule has 11 heteroatoms. The van der Waals surface area contributed by atoms with Crippen LogP contribution in [0.25, 0.3) is 11.1 Å². The largest absolute Gasteiger partial charge is 0.462 e. The standard InChI is InChI=1S/C28H30N5O5P/c34-39(35,36)27(17-24(26-18-37-19-38-26)15-20-7-3-1-4-8-20)29-25(28-30-32-33-31-28)16-21-11-13-23(14-12-21)22-9-5-2-6-10-22/h1-14,18,24-25,27,29H,15-17,19H2,(H2,34,35,36)(H,30,31,32,33)/t24?,25-,27?/m0/s1. The summed E-state index contributed by atoms with van der Waals surface area (Å²) in [4.78, 5) is 20.8. The third-order valence-corrected chi connectivity index (χ3v) is 7.89. The summed E-state index contributed by atoms with van der Waals surface area (Å²) >= 11 is 0. The number of nitrogens with one attached hydrogen (secondary N) is 2. The summed E-state index contributed by atoms with van der Waals surface area (Å²) in [5.74, 6) is -0.554. The van der Waals surface area contributed by atoms with Gasteiger partial charge < -0.3 is 19.3 Å². The van der Waals surface area contributed by atoms with Crippen molar-refractivity contribution in [2.24, 2.45) is 5.92 Å². The average molecular weight is 548 g/mol. The van der Waals surface area contributed by atoms with Crippen molar-refractivity contribution in [3.8, 4) is 11.1 Å². The Kier molecular flexibility index (Phi) is 8.48. The SMILES string of the molecule is O=P(O)(O)C(CC(Cc1ccccc1)C1=COCO1)N[C@@H](Cc1ccc(-c2ccccc2)cc1)c1nnn[nH]1. The Labute approximate surface area is 226 Å². The van der Waals surface area contributed by atoms with Crippen molar-refractivity contribution in [1.82, 2.24) is 25.9 Å². The molecule has 0 saturated heterocycles. The van der Waals surface area contributed by atoms with Crippen LogP contribution in [0.5, 0.6) is 0 Å². The van der Waals surface area contributed by atoms with E-state index in [0.29, 0.717) is 24.4 Å². The number of hydrogen-bond acceptors (Lipinski definition) is 7. The molecular weight excluding hydrogens is 517 g/mol. The summed E-state index contributed by atoms with van der Waals surface area (Å²) in [6.45, 7) is 0.0833. The zero-order chi connectivity index (χ0) is 27.1. The van der Waals surface area contributed by atoms with E-state index in [1.54, 1.807) is 0 Å². The second-order valence-corrected chi connectivity index (χ2v) is 11.3. The van der Waals surface area contributed by atoms with E-state index >= 15 is 0 Å². The lowest BCUT2D eigenvalue weighted by Gasteiger charge is -2.28. The maximum Gasteiger partial charge on any atom is 0.342 e. The molecule has 0 amide bonds. The van der Waals surface area contributed by atoms with Gasteiger partial charge in [-0.15, -0.1) is 5.10 Å². The van der Waals surface area contributed by atoms with Gasteiger partial charge in [-0.1, -0.05) is 84.9 Å². The fraction of sp³-hybridized carbons (Fsp3) is 0.250. The van der Waals surface area contributed by atoms with Crippen LogP contribution in [0.15, 0.2) is 97.0 Å². The molecule has 10 nitrogen and oxygen atoms in total. The summed E-state index contributed by atoms with van der Waals surface area (Å²) < 4.78 is 23.7. The Hall–Kier alpha value is -3.82. The Morgan fingerprint density at radius 2 is 1.56 bits per heavy atom. The van der Waals surface area contributed by atoms with Crippen molar-refractivity contribution in [3.05, 3.63) is 114 Å². The van der Waals surface area contributed by atoms with E-state index in [1.807, 2.05) is 84.9 Å². The molecule has 0 aliphatic carbocycles. The summed E-state index contributed by atoms with van der Waals surface area (Å²) in [5, 5.41) is 17.4. The number of nitrogens with zero attached hydrogens (tertiary/aromatic N) is 3. The number of benzene rings is 3. The second kappa shape index (κ2) is 12.4. The molecule has 0 spiro atoms. The molecule has 3 atom stereocenters. The van der Waals surface area contributed by atoms with Gasteiger partial charge in [-0.2, -0.15) is 0 Å². The topological polar surface area (TPSA) is 142 Å². The molecule has 0 fully saturated rings. The van der Waals surface area contributed by atoms with Gasteiger partial charge in [0, 0.05) is 5.92 Å². The number of aromatic amines is 1. The second-order valence-electron chi connectivity index (χ2n) is 9.45. The zero-order valence-electron chi connectivity index (χ0n) is 21.1. The van der Waals surface area contributed by atoms with Crippen LogP contribution >= 0.6 is 7.60 Å². The van der Waals surface area contributed by atoms with Crippen LogP contribution in [0.3, 0.4) is 0 Å². The molecule has 202 valence electrons. The van der Waals surface area contributed by atoms with E-state index < -0.39 is 19.4 Å². The predicted octanol–water partition coefficient (Wildman–Crippen LogP) is 4.34. The number of allylic oxidation sites excluding steroid dienone is 1. The lowest BCUT2D eigenvalue weighted by atomic mass is 9.94. The molecule has 3 aromatic carbocycles. The van der Waals surface area contributed by atoms with Gasteiger partial charge in [0.05, 0.1) is 6.04 Å². The zero-order valence-corrected chi connectivity index (χ0v) is 22.0. The van der Waals surface area contributed by atoms with Crippen molar-refractivity contribution in [2.45, 2.75) is 31.1 Å². The molecule has 2 unspecified atom stereocenters. The lowest BCUT2D eigenvalue weighted by Crippen LogP contribution is -2.37. The van der Waals surface area contributed by atoms with Crippen molar-refractivity contribution in [3.63, 3.8) is 0 Å². The molecule has 0 radical (unpaired) electrons. The van der Waals surface area contributed by atoms with Gasteiger partial charge in [-0.05, 0) is 51.9 Å². The first-order valence-electron chi connectivity index (χ1n) is 12.6. The number of H-pyrrole nitrogens is 1. The van der Waals surface area contributed by atoms with Crippen molar-refractivity contribution in [1.29, 1.82) is 0 Å². The number of rotatable bonds is 12. The van der Waals surface area contributed by atoms with Gasteiger partial charge in [0.25, 0.3) is 0 Å². The van der Waals surface area contributed by atoms with Crippen molar-refractivity contribution >= 4 is 7.60 Å². The van der Waals surface area contributed by atoms with E-state index in [-0.39, 0.29) is 19.1 Å². The first-order chi connectivity index (χ1) is 19.0. The summed E-state index contributed by atoms with van der Waals surface area (Å²) in [6, 6.07) is 27.3. The summed E-state index contributed by atoms with van der Waals surface area (Å²) in [5.41, 5.74) is 4.17. The Bertz CT molecular complexity index is 1400. The molecular formula is C28H30N5O5P. The molecule has 2 heterocycles. The molecule has 39 heavy (non-hydrogen) atoms. The van der Waals surface area contributed by atoms with Crippen LogP contribution in [0.1, 0.15) is 29.4 Å². The molecule has 4 aromatic rings. The Morgan fingerprint density at radius 1 is 0.897 bits per heavy atom. The molecule has 1 aliphatic rings. The van der Waals surface area contributed by atoms with E-state index in [2.05, 4.69) is 25.9 Å². The van der Waals surface area contributed by atoms with Crippen LogP contribution in [-0.2, 0) is 26.9 Å². The first kappa shape index (κ1) is 26.8. The Morgan fingerprint density at radius 3 is 2.18 bits per heavy atom. The highest BCUT2D eigenvalue weighted by Crippen LogP contribution is 2.45. The number of hydrogen-bond donors (Lipinski definition) is 4. The van der Waals surface area contributed by atoms with Crippen molar-refractivity contribution < 1.29 is 23.8 Å². The van der Waals surface area contributed by atoms with E-state index in [9.17, 15) is 14.4 Å². The summed E-state index contributed by atoms with van der Waals surface area (Å²) in [7, 11) is -4.60. The molecule has 1 aromatic heterocycles. The van der Waals surface area contributed by atoms with Crippen LogP contribution < -0.4 is 5.32 Å². The highest BCUT2D eigenvalue weighted by molar-refractivity contribution is 7.52. The normalized spacial score (nSPS) is 15.6. The van der Waals surface area contributed by atoms with Gasteiger partial charge in [0.1, 0.15) is 17.8 Å². The van der Waals surface area contributed by atoms with E-state index in [0.717, 1.165) is 22.3 Å². The monoisotopic (exact) mass is 547 g/mol. The maximum absolute atomic E-state index is 12.8. The molecule has 0 saturated carbocycles. The van der Waals surface area contributed by atoms with Crippen LogP contribution in [0.4, 0.5) is 0 Å². The van der Waals surface area contributed by atoms with Crippen LogP contribution in [-0.4, -0.2) is 43.0 Å². The van der Waals surface area contributed by atoms with E-state index in [4.69, 9.17) is 9.47 Å². The quantitative estimate of drug-likeness (QED) is 0.191. The highest BCUT2D eigenvalue weighted by Gasteiger charge is 2.36. The highest BCUT2D eigenvalue weighted by atomic mass is 31.2. The van der Waals surface area contributed by atoms with Gasteiger partial charge in [0.15, 0.2) is 5.82 Å². The average Bonchev–Trinajstić information content (AvgIpc) is 3.68. The number of aromatic nitrogens is 4. The van der Waals surface area contributed by atoms with Crippen LogP contribution in [0.2, 0.25) is 0 Å². The van der Waals surface area contributed by atoms with Gasteiger partial charge >= 0.3 is 7.60 Å². The molecule has 0 bridgehead atoms. The number of ether oxygens (including phenoxy) is 2. The predicted molar refractivity (Wildman–Crippen MR) is 145 cm³/mol. The lowest BCUT2D eigenvalue weighted by molar-refractivity contribution is 0.0691. The van der Waals surface area contributed by atoms with Crippen molar-refractivity contribution in [2.75, 3.05) is 6.79 Å². The molecule has 4 N–H and O–H groups in total. The van der Waals surface area contributed by atoms with Gasteiger partial charge in [-0.3, -0.25) is 9.88 Å². The van der Waals surface area contributed by atoms with Gasteiger partial charge in [-0.25, -0.2) is 5.10 Å².